The molecule has 4 heteroatoms. The van der Waals surface area contributed by atoms with E-state index in [1.165, 1.54) is 12.1 Å². The molecule has 1 saturated heterocycles. The quantitative estimate of drug-likeness (QED) is 0.868. The predicted molar refractivity (Wildman–Crippen MR) is 71.3 cm³/mol. The van der Waals surface area contributed by atoms with Gasteiger partial charge in [0.15, 0.2) is 0 Å². The summed E-state index contributed by atoms with van der Waals surface area (Å²) in [6.45, 7) is 5.99. The van der Waals surface area contributed by atoms with Crippen LogP contribution in [0.3, 0.4) is 0 Å². The maximum Gasteiger partial charge on any atom is 0.125 e. The number of aliphatic hydroxyl groups is 1. The Morgan fingerprint density at radius 1 is 1.44 bits per heavy atom. The number of rotatable bonds is 2. The van der Waals surface area contributed by atoms with E-state index in [1.807, 2.05) is 13.1 Å². The molecular formula is C14H21FN2O. The minimum Gasteiger partial charge on any atom is -0.394 e. The lowest BCUT2D eigenvalue weighted by Gasteiger charge is -2.52. The van der Waals surface area contributed by atoms with Crippen LogP contribution >= 0.6 is 0 Å². The van der Waals surface area contributed by atoms with E-state index in [2.05, 4.69) is 23.6 Å². The number of piperazine rings is 1. The zero-order valence-electron chi connectivity index (χ0n) is 11.2. The summed E-state index contributed by atoms with van der Waals surface area (Å²) in [5.41, 5.74) is 0.709. The van der Waals surface area contributed by atoms with Crippen LogP contribution in [-0.2, 0) is 0 Å². The lowest BCUT2D eigenvalue weighted by Crippen LogP contribution is -2.64. The Hall–Kier alpha value is -1.13. The molecule has 0 saturated carbocycles. The summed E-state index contributed by atoms with van der Waals surface area (Å²) >= 11 is 0. The molecule has 1 fully saturated rings. The van der Waals surface area contributed by atoms with Crippen LogP contribution in [0.4, 0.5) is 10.1 Å². The standard InChI is InChI=1S/C14H21FN2O/c1-14(2)10-16(3)8-13(9-18)17(14)12-6-4-5-11(15)7-12/h4-7,13,18H,8-10H2,1-3H3. The molecule has 0 amide bonds. The molecule has 1 aliphatic rings. The van der Waals surface area contributed by atoms with Gasteiger partial charge in [-0.15, -0.1) is 0 Å². The topological polar surface area (TPSA) is 26.7 Å². The van der Waals surface area contributed by atoms with Gasteiger partial charge in [0.25, 0.3) is 0 Å². The summed E-state index contributed by atoms with van der Waals surface area (Å²) < 4.78 is 13.4. The highest BCUT2D eigenvalue weighted by molar-refractivity contribution is 5.51. The van der Waals surface area contributed by atoms with Gasteiger partial charge in [0.2, 0.25) is 0 Å². The average molecular weight is 252 g/mol. The largest absolute Gasteiger partial charge is 0.394 e. The van der Waals surface area contributed by atoms with Crippen molar-refractivity contribution in [3.8, 4) is 0 Å². The van der Waals surface area contributed by atoms with Crippen molar-refractivity contribution in [2.24, 2.45) is 0 Å². The summed E-state index contributed by atoms with van der Waals surface area (Å²) in [6, 6.07) is 6.60. The van der Waals surface area contributed by atoms with E-state index >= 15 is 0 Å². The van der Waals surface area contributed by atoms with E-state index in [0.29, 0.717) is 0 Å². The highest BCUT2D eigenvalue weighted by atomic mass is 19.1. The molecule has 1 heterocycles. The number of nitrogens with zero attached hydrogens (tertiary/aromatic N) is 2. The van der Waals surface area contributed by atoms with Gasteiger partial charge in [0.05, 0.1) is 12.6 Å². The van der Waals surface area contributed by atoms with Crippen molar-refractivity contribution in [1.29, 1.82) is 0 Å². The molecule has 0 aliphatic carbocycles. The molecule has 2 rings (SSSR count). The van der Waals surface area contributed by atoms with Crippen LogP contribution in [0, 0.1) is 5.82 Å². The first kappa shape index (κ1) is 13.3. The van der Waals surface area contributed by atoms with Crippen LogP contribution in [0.25, 0.3) is 0 Å². The van der Waals surface area contributed by atoms with Crippen molar-refractivity contribution in [3.05, 3.63) is 30.1 Å². The molecular weight excluding hydrogens is 231 g/mol. The van der Waals surface area contributed by atoms with E-state index in [-0.39, 0.29) is 24.0 Å². The lowest BCUT2D eigenvalue weighted by molar-refractivity contribution is 0.137. The number of benzene rings is 1. The van der Waals surface area contributed by atoms with Crippen molar-refractivity contribution in [3.63, 3.8) is 0 Å². The van der Waals surface area contributed by atoms with Crippen LogP contribution in [0.5, 0.6) is 0 Å². The zero-order valence-corrected chi connectivity index (χ0v) is 11.2. The van der Waals surface area contributed by atoms with Crippen molar-refractivity contribution in [1.82, 2.24) is 4.90 Å². The Bertz CT molecular complexity index is 422. The van der Waals surface area contributed by atoms with Gasteiger partial charge in [-0.2, -0.15) is 0 Å². The maximum atomic E-state index is 13.4. The monoisotopic (exact) mass is 252 g/mol. The number of aliphatic hydroxyl groups excluding tert-OH is 1. The van der Waals surface area contributed by atoms with Crippen LogP contribution in [-0.4, -0.2) is 48.3 Å². The third kappa shape index (κ3) is 2.49. The molecule has 1 N–H and O–H groups in total. The van der Waals surface area contributed by atoms with Crippen LogP contribution in [0.15, 0.2) is 24.3 Å². The van der Waals surface area contributed by atoms with E-state index in [0.717, 1.165) is 18.8 Å². The van der Waals surface area contributed by atoms with Gasteiger partial charge in [-0.25, -0.2) is 4.39 Å². The van der Waals surface area contributed by atoms with Crippen molar-refractivity contribution in [2.75, 3.05) is 31.6 Å². The van der Waals surface area contributed by atoms with E-state index in [9.17, 15) is 9.50 Å². The summed E-state index contributed by atoms with van der Waals surface area (Å²) in [4.78, 5) is 4.34. The normalized spacial score (nSPS) is 24.3. The van der Waals surface area contributed by atoms with E-state index < -0.39 is 0 Å². The Balaban J connectivity index is 2.38. The van der Waals surface area contributed by atoms with E-state index in [1.54, 1.807) is 6.07 Å². The van der Waals surface area contributed by atoms with Crippen molar-refractivity contribution >= 4 is 5.69 Å². The Morgan fingerprint density at radius 3 is 2.78 bits per heavy atom. The first-order chi connectivity index (χ1) is 8.44. The van der Waals surface area contributed by atoms with Gasteiger partial charge < -0.3 is 14.9 Å². The van der Waals surface area contributed by atoms with Crippen molar-refractivity contribution < 1.29 is 9.50 Å². The number of hydrogen-bond acceptors (Lipinski definition) is 3. The molecule has 3 nitrogen and oxygen atoms in total. The first-order valence-electron chi connectivity index (χ1n) is 6.28. The highest BCUT2D eigenvalue weighted by Crippen LogP contribution is 2.31. The van der Waals surface area contributed by atoms with Gasteiger partial charge in [-0.1, -0.05) is 6.07 Å². The Kier molecular flexibility index (Phi) is 3.59. The maximum absolute atomic E-state index is 13.4. The Labute approximate surface area is 108 Å². The minimum atomic E-state index is -0.237. The molecule has 1 atom stereocenters. The van der Waals surface area contributed by atoms with Gasteiger partial charge in [0.1, 0.15) is 5.82 Å². The third-order valence-corrected chi connectivity index (χ3v) is 3.49. The fraction of sp³-hybridized carbons (Fsp3) is 0.571. The summed E-state index contributed by atoms with van der Waals surface area (Å²) in [5.74, 6) is -0.237. The van der Waals surface area contributed by atoms with Gasteiger partial charge in [0, 0.05) is 24.3 Å². The smallest absolute Gasteiger partial charge is 0.125 e. The fourth-order valence-corrected chi connectivity index (χ4v) is 3.06. The minimum absolute atomic E-state index is 0.000509. The first-order valence-corrected chi connectivity index (χ1v) is 6.28. The molecule has 1 aromatic rings. The molecule has 1 aliphatic heterocycles. The second-order valence-electron chi connectivity index (χ2n) is 5.70. The SMILES string of the molecule is CN1CC(CO)N(c2cccc(F)c2)C(C)(C)C1. The average Bonchev–Trinajstić information content (AvgIpc) is 2.26. The fourth-order valence-electron chi connectivity index (χ4n) is 3.06. The molecule has 1 unspecified atom stereocenters. The Morgan fingerprint density at radius 2 is 2.17 bits per heavy atom. The number of hydrogen-bond donors (Lipinski definition) is 1. The zero-order chi connectivity index (χ0) is 13.3. The second kappa shape index (κ2) is 4.86. The number of likely N-dealkylation sites (N-methyl/N-ethyl adjacent to an activating group) is 1. The molecule has 0 radical (unpaired) electrons. The molecule has 18 heavy (non-hydrogen) atoms. The molecule has 100 valence electrons. The van der Waals surface area contributed by atoms with Gasteiger partial charge >= 0.3 is 0 Å². The molecule has 0 aromatic heterocycles. The third-order valence-electron chi connectivity index (χ3n) is 3.49. The summed E-state index contributed by atoms with van der Waals surface area (Å²) in [7, 11) is 2.05. The molecule has 1 aromatic carbocycles. The summed E-state index contributed by atoms with van der Waals surface area (Å²) in [5, 5.41) is 9.58. The van der Waals surface area contributed by atoms with E-state index in [4.69, 9.17) is 0 Å². The van der Waals surface area contributed by atoms with Crippen LogP contribution in [0.1, 0.15) is 13.8 Å². The number of halogens is 1. The number of anilines is 1. The lowest BCUT2D eigenvalue weighted by atomic mass is 9.94. The predicted octanol–water partition coefficient (Wildman–Crippen LogP) is 1.72. The van der Waals surface area contributed by atoms with Crippen LogP contribution in [0.2, 0.25) is 0 Å². The van der Waals surface area contributed by atoms with Crippen molar-refractivity contribution in [2.45, 2.75) is 25.4 Å². The molecule has 0 bridgehead atoms. The van der Waals surface area contributed by atoms with Gasteiger partial charge in [-0.05, 0) is 39.1 Å². The van der Waals surface area contributed by atoms with Gasteiger partial charge in [-0.3, -0.25) is 0 Å². The summed E-state index contributed by atoms with van der Waals surface area (Å²) in [6.07, 6.45) is 0. The highest BCUT2D eigenvalue weighted by Gasteiger charge is 2.38. The second-order valence-corrected chi connectivity index (χ2v) is 5.70. The molecule has 0 spiro atoms. The van der Waals surface area contributed by atoms with Crippen LogP contribution < -0.4 is 4.90 Å².